The second kappa shape index (κ2) is 20.6. The van der Waals surface area contributed by atoms with Crippen LogP contribution in [0.15, 0.2) is 297 Å². The fourth-order valence-corrected chi connectivity index (χ4v) is 17.9. The van der Waals surface area contributed by atoms with Crippen molar-refractivity contribution >= 4 is 102 Å². The molecular formula is C93H67B2N3O2. The van der Waals surface area contributed by atoms with Crippen LogP contribution in [0.25, 0.3) is 72.0 Å². The summed E-state index contributed by atoms with van der Waals surface area (Å²) in [5.41, 5.74) is 26.8. The Morgan fingerprint density at radius 1 is 0.340 bits per heavy atom. The molecule has 6 aliphatic rings. The van der Waals surface area contributed by atoms with Crippen LogP contribution < -0.4 is 52.1 Å². The molecule has 4 aliphatic heterocycles. The van der Waals surface area contributed by atoms with Crippen molar-refractivity contribution in [1.82, 2.24) is 4.57 Å². The lowest BCUT2D eigenvalue weighted by molar-refractivity contribution is 0.487. The monoisotopic (exact) mass is 1290 g/mol. The third-order valence-corrected chi connectivity index (χ3v) is 22.2. The molecule has 0 radical (unpaired) electrons. The van der Waals surface area contributed by atoms with Crippen molar-refractivity contribution in [3.63, 3.8) is 0 Å². The molecule has 1 aromatic heterocycles. The van der Waals surface area contributed by atoms with E-state index in [9.17, 15) is 8.22 Å². The first kappa shape index (κ1) is 49.7. The lowest BCUT2D eigenvalue weighted by Gasteiger charge is -2.45. The Bertz CT molecular complexity index is 6440. The maximum Gasteiger partial charge on any atom is 0.256 e. The van der Waals surface area contributed by atoms with E-state index in [1.807, 2.05) is 24.3 Å². The quantitative estimate of drug-likeness (QED) is 0.161. The van der Waals surface area contributed by atoms with E-state index in [0.717, 1.165) is 101 Å². The van der Waals surface area contributed by atoms with Gasteiger partial charge in [0.05, 0.1) is 38.8 Å². The molecule has 0 amide bonds. The van der Waals surface area contributed by atoms with Gasteiger partial charge in [0.25, 0.3) is 13.4 Å². The van der Waals surface area contributed by atoms with Crippen LogP contribution >= 0.6 is 0 Å². The van der Waals surface area contributed by atoms with E-state index in [2.05, 4.69) is 276 Å². The number of ether oxygens (including phenoxy) is 2. The predicted octanol–water partition coefficient (Wildman–Crippen LogP) is 19.9. The minimum absolute atomic E-state index is 0.00700. The number of anilines is 6. The molecule has 100 heavy (non-hydrogen) atoms. The van der Waals surface area contributed by atoms with Gasteiger partial charge in [-0.2, -0.15) is 0 Å². The largest absolute Gasteiger partial charge is 0.458 e. The fourth-order valence-electron chi connectivity index (χ4n) is 17.9. The van der Waals surface area contributed by atoms with Gasteiger partial charge in [0, 0.05) is 50.8 Å². The number of aromatic nitrogens is 1. The lowest BCUT2D eigenvalue weighted by Crippen LogP contribution is -2.63. The highest BCUT2D eigenvalue weighted by Gasteiger charge is 2.54. The summed E-state index contributed by atoms with van der Waals surface area (Å²) < 4.78 is 91.3. The highest BCUT2D eigenvalue weighted by molar-refractivity contribution is 7.02. The summed E-state index contributed by atoms with van der Waals surface area (Å²) in [7, 11) is 0. The van der Waals surface area contributed by atoms with Crippen molar-refractivity contribution in [2.24, 2.45) is 0 Å². The Morgan fingerprint density at radius 3 is 1.48 bits per heavy atom. The highest BCUT2D eigenvalue weighted by atomic mass is 16.5. The van der Waals surface area contributed by atoms with Crippen molar-refractivity contribution in [3.05, 3.63) is 330 Å². The second-order valence-corrected chi connectivity index (χ2v) is 29.6. The molecular weight excluding hydrogens is 1210 g/mol. The number of para-hydroxylation sites is 4. The Balaban J connectivity index is 0.899. The van der Waals surface area contributed by atoms with Gasteiger partial charge in [-0.1, -0.05) is 260 Å². The molecule has 15 aromatic rings. The highest BCUT2D eigenvalue weighted by Crippen LogP contribution is 2.65. The van der Waals surface area contributed by atoms with Gasteiger partial charge in [-0.05, 0) is 189 Å². The Morgan fingerprint density at radius 2 is 0.850 bits per heavy atom. The predicted molar refractivity (Wildman–Crippen MR) is 417 cm³/mol. The molecule has 1 spiro atoms. The molecule has 0 atom stereocenters. The van der Waals surface area contributed by atoms with Gasteiger partial charge in [0.1, 0.15) is 23.0 Å². The maximum absolute atomic E-state index is 9.74. The number of hydrogen-bond acceptors (Lipinski definition) is 4. The standard InChI is InChI=1S/C93H67B2N3O2/c1-91(2,3)58-28-24-29-60(50-58)96-80-55-81-76(54-75(80)94-74-41-19-23-45-85(74)100-87-53-61(52-83(96)90(87)94)97-77-42-20-13-33-66(77)67-34-14-21-43-78(67)97)95-73-40-18-22-44-84(73)99-86-49-57(48-82(89(86)95)98(81)79-47-46-59(92(4,5)6)51-69(79)56-26-8-7-9-27-56)62-35-25-36-68-65-32-12-17-39-72(65)93(88(62)68)70-37-15-10-30-63(70)64-31-11-16-38-71(64)93/h7-55H,1-6H3/i13D,14D,20D,21D,33D,34D,42D,43D. The van der Waals surface area contributed by atoms with Crippen LogP contribution in [-0.2, 0) is 16.2 Å². The minimum atomic E-state index is -0.671. The first-order valence-corrected chi connectivity index (χ1v) is 34.6. The van der Waals surface area contributed by atoms with Gasteiger partial charge < -0.3 is 23.8 Å². The number of nitrogens with zero attached hydrogens (tertiary/aromatic N) is 3. The van der Waals surface area contributed by atoms with E-state index in [-0.39, 0.29) is 51.4 Å². The van der Waals surface area contributed by atoms with Crippen molar-refractivity contribution < 1.29 is 20.4 Å². The zero-order valence-electron chi connectivity index (χ0n) is 64.0. The molecule has 472 valence electrons. The number of benzene rings is 14. The van der Waals surface area contributed by atoms with E-state index < -0.39 is 48.4 Å². The van der Waals surface area contributed by atoms with Crippen molar-refractivity contribution in [3.8, 4) is 73.2 Å². The van der Waals surface area contributed by atoms with Gasteiger partial charge in [0.15, 0.2) is 0 Å². The van der Waals surface area contributed by atoms with Gasteiger partial charge in [-0.25, -0.2) is 0 Å². The van der Waals surface area contributed by atoms with Crippen LogP contribution in [0, 0.1) is 0 Å². The third-order valence-electron chi connectivity index (χ3n) is 22.2. The molecule has 5 heterocycles. The molecule has 14 aromatic carbocycles. The average molecular weight is 1290 g/mol. The van der Waals surface area contributed by atoms with Gasteiger partial charge in [-0.3, -0.25) is 0 Å². The van der Waals surface area contributed by atoms with Crippen molar-refractivity contribution in [1.29, 1.82) is 0 Å². The normalized spacial score (nSPS) is 15.4. The summed E-state index contributed by atoms with van der Waals surface area (Å²) in [6, 6.07) is 86.9. The van der Waals surface area contributed by atoms with Crippen molar-refractivity contribution in [2.45, 2.75) is 57.8 Å². The summed E-state index contributed by atoms with van der Waals surface area (Å²) in [5, 5.41) is -0.0140. The maximum atomic E-state index is 9.74. The summed E-state index contributed by atoms with van der Waals surface area (Å²) in [6.45, 7) is 12.6. The Labute approximate surface area is 595 Å². The van der Waals surface area contributed by atoms with E-state index >= 15 is 0 Å². The first-order chi connectivity index (χ1) is 52.2. The fraction of sp³-hybridized carbons (Fsp3) is 0.0968. The van der Waals surface area contributed by atoms with Crippen LogP contribution in [0.5, 0.6) is 23.0 Å². The van der Waals surface area contributed by atoms with Gasteiger partial charge in [0.2, 0.25) is 0 Å². The lowest BCUT2D eigenvalue weighted by atomic mass is 9.31. The Hall–Kier alpha value is -11.8. The molecule has 0 fully saturated rings. The van der Waals surface area contributed by atoms with Gasteiger partial charge in [-0.15, -0.1) is 0 Å². The second-order valence-electron chi connectivity index (χ2n) is 29.6. The van der Waals surface area contributed by atoms with Crippen LogP contribution in [0.3, 0.4) is 0 Å². The van der Waals surface area contributed by atoms with E-state index in [1.54, 1.807) is 4.57 Å². The van der Waals surface area contributed by atoms with Crippen LogP contribution in [0.1, 0.15) is 85.9 Å². The van der Waals surface area contributed by atoms with E-state index in [4.69, 9.17) is 12.2 Å². The van der Waals surface area contributed by atoms with E-state index in [0.29, 0.717) is 22.9 Å². The topological polar surface area (TPSA) is 29.9 Å². The molecule has 0 bridgehead atoms. The number of fused-ring (bicyclic) bond motifs is 21. The zero-order chi connectivity index (χ0) is 73.6. The molecule has 0 saturated carbocycles. The molecule has 5 nitrogen and oxygen atoms in total. The molecule has 2 aliphatic carbocycles. The molecule has 0 unspecified atom stereocenters. The minimum Gasteiger partial charge on any atom is -0.458 e. The number of rotatable bonds is 5. The van der Waals surface area contributed by atoms with Crippen LogP contribution in [-0.4, -0.2) is 18.0 Å². The van der Waals surface area contributed by atoms with Gasteiger partial charge >= 0.3 is 0 Å². The van der Waals surface area contributed by atoms with Crippen LogP contribution in [0.2, 0.25) is 0 Å². The smallest absolute Gasteiger partial charge is 0.256 e. The first-order valence-electron chi connectivity index (χ1n) is 38.6. The van der Waals surface area contributed by atoms with E-state index in [1.165, 1.54) is 50.1 Å². The number of hydrogen-bond donors (Lipinski definition) is 0. The molecule has 0 N–H and O–H groups in total. The third kappa shape index (κ3) is 7.86. The van der Waals surface area contributed by atoms with Crippen molar-refractivity contribution in [2.75, 3.05) is 9.80 Å². The summed E-state index contributed by atoms with van der Waals surface area (Å²) in [5.74, 6) is 2.64. The average Bonchev–Trinajstić information content (AvgIpc) is 1.44. The molecule has 21 rings (SSSR count). The summed E-state index contributed by atoms with van der Waals surface area (Å²) in [6.07, 6.45) is 0. The summed E-state index contributed by atoms with van der Waals surface area (Å²) in [4.78, 5) is 4.85. The molecule has 7 heteroatoms. The SMILES string of the molecule is [2H]c1c([2H])c([2H])c2c(c1[2H])c1c([2H])c([2H])c([2H])c([2H])c1n2-c1cc2c3c(c1)N(c1cccc(C(C)(C)C)c1)c1cc4c(cc1B3c1ccccc1O2)B1c2ccccc2Oc2cc(-c3cccc5c3C3(c6ccccc6-c6ccccc63)c3ccccc3-5)cc(c21)N4c1ccc(C(C)(C)C)cc1-c1ccccc1. The van der Waals surface area contributed by atoms with Crippen LogP contribution in [0.4, 0.5) is 34.1 Å². The Kier molecular flexibility index (Phi) is 10.3. The summed E-state index contributed by atoms with van der Waals surface area (Å²) >= 11 is 0. The zero-order valence-corrected chi connectivity index (χ0v) is 56.0. The molecule has 0 saturated heterocycles.